The van der Waals surface area contributed by atoms with Gasteiger partial charge in [0.25, 0.3) is 11.8 Å². The number of amides is 2. The number of para-hydroxylation sites is 1. The van der Waals surface area contributed by atoms with E-state index in [0.717, 1.165) is 23.4 Å². The number of ether oxygens (including phenoxy) is 3. The van der Waals surface area contributed by atoms with Crippen molar-refractivity contribution >= 4 is 34.8 Å². The minimum Gasteiger partial charge on any atom is -0.476 e. The van der Waals surface area contributed by atoms with Gasteiger partial charge in [-0.05, 0) is 56.5 Å². The third-order valence-electron chi connectivity index (χ3n) is 6.49. The fourth-order valence-corrected chi connectivity index (χ4v) is 5.61. The molecule has 3 aromatic rings. The number of aromatic nitrogens is 1. The zero-order valence-corrected chi connectivity index (χ0v) is 22.2. The molecule has 2 aliphatic heterocycles. The van der Waals surface area contributed by atoms with Gasteiger partial charge < -0.3 is 24.4 Å². The summed E-state index contributed by atoms with van der Waals surface area (Å²) in [4.78, 5) is 32.3. The topological polar surface area (TPSA) is 90.0 Å². The summed E-state index contributed by atoms with van der Waals surface area (Å²) in [7, 11) is 0. The monoisotopic (exact) mass is 541 g/mol. The van der Waals surface area contributed by atoms with Crippen LogP contribution in [0.4, 0.5) is 0 Å². The second-order valence-corrected chi connectivity index (χ2v) is 10.8. The molecular formula is C27H28ClN3O5S. The summed E-state index contributed by atoms with van der Waals surface area (Å²) in [6, 6.07) is 12.7. The second kappa shape index (κ2) is 10.6. The van der Waals surface area contributed by atoms with Crippen molar-refractivity contribution in [1.29, 1.82) is 0 Å². The summed E-state index contributed by atoms with van der Waals surface area (Å²) in [6.07, 6.45) is 1.55. The molecule has 0 radical (unpaired) electrons. The van der Waals surface area contributed by atoms with Gasteiger partial charge in [-0.3, -0.25) is 9.59 Å². The Kier molecular flexibility index (Phi) is 7.26. The normalized spacial score (nSPS) is 15.5. The molecule has 0 bridgehead atoms. The van der Waals surface area contributed by atoms with E-state index < -0.39 is 5.60 Å². The zero-order valence-electron chi connectivity index (χ0n) is 20.7. The highest BCUT2D eigenvalue weighted by atomic mass is 35.5. The molecule has 0 unspecified atom stereocenters. The van der Waals surface area contributed by atoms with Crippen LogP contribution in [-0.2, 0) is 11.3 Å². The fourth-order valence-electron chi connectivity index (χ4n) is 4.46. The molecule has 37 heavy (non-hydrogen) atoms. The first-order valence-electron chi connectivity index (χ1n) is 12.2. The molecule has 194 valence electrons. The van der Waals surface area contributed by atoms with Crippen molar-refractivity contribution in [2.75, 3.05) is 19.9 Å². The Bertz CT molecular complexity index is 1300. The van der Waals surface area contributed by atoms with Crippen molar-refractivity contribution < 1.29 is 23.8 Å². The number of nitrogens with one attached hydrogen (secondary N) is 1. The molecule has 0 atom stereocenters. The average molecular weight is 542 g/mol. The maximum absolute atomic E-state index is 13.2. The van der Waals surface area contributed by atoms with Crippen LogP contribution in [0.25, 0.3) is 0 Å². The number of hydrogen-bond donors (Lipinski definition) is 1. The maximum atomic E-state index is 13.2. The molecule has 8 nitrogen and oxygen atoms in total. The van der Waals surface area contributed by atoms with Gasteiger partial charge >= 0.3 is 0 Å². The number of fused-ring (bicyclic) bond motifs is 1. The van der Waals surface area contributed by atoms with E-state index in [-0.39, 0.29) is 24.5 Å². The van der Waals surface area contributed by atoms with Gasteiger partial charge in [0.05, 0.1) is 10.0 Å². The predicted molar refractivity (Wildman–Crippen MR) is 141 cm³/mol. The predicted octanol–water partition coefficient (Wildman–Crippen LogP) is 5.02. The highest BCUT2D eigenvalue weighted by molar-refractivity contribution is 7.09. The highest BCUT2D eigenvalue weighted by Gasteiger charge is 2.37. The van der Waals surface area contributed by atoms with E-state index >= 15 is 0 Å². The SMILES string of the molecule is CC(C)(Oc1ccccc1Cl)C(=O)N1CCC(c2nc(C(=O)NCc3ccc4c(c3)OCO4)cs2)CC1. The van der Waals surface area contributed by atoms with Crippen LogP contribution in [0.2, 0.25) is 5.02 Å². The van der Waals surface area contributed by atoms with E-state index in [1.165, 1.54) is 11.3 Å². The minimum absolute atomic E-state index is 0.0754. The lowest BCUT2D eigenvalue weighted by Crippen LogP contribution is -2.51. The number of carbonyl (C=O) groups excluding carboxylic acids is 2. The molecule has 5 rings (SSSR count). The number of nitrogens with zero attached hydrogens (tertiary/aromatic N) is 2. The van der Waals surface area contributed by atoms with Crippen LogP contribution in [0.5, 0.6) is 17.2 Å². The zero-order chi connectivity index (χ0) is 26.0. The number of piperidine rings is 1. The van der Waals surface area contributed by atoms with E-state index in [1.807, 2.05) is 35.2 Å². The van der Waals surface area contributed by atoms with Gasteiger partial charge in [-0.25, -0.2) is 4.98 Å². The van der Waals surface area contributed by atoms with Gasteiger partial charge in [0.2, 0.25) is 6.79 Å². The van der Waals surface area contributed by atoms with E-state index in [4.69, 9.17) is 25.8 Å². The van der Waals surface area contributed by atoms with Crippen molar-refractivity contribution in [1.82, 2.24) is 15.2 Å². The summed E-state index contributed by atoms with van der Waals surface area (Å²) in [6.45, 7) is 5.32. The van der Waals surface area contributed by atoms with Crippen LogP contribution >= 0.6 is 22.9 Å². The van der Waals surface area contributed by atoms with Crippen LogP contribution < -0.4 is 19.5 Å². The summed E-state index contributed by atoms with van der Waals surface area (Å²) in [5.41, 5.74) is 0.294. The Balaban J connectivity index is 1.13. The molecule has 0 aliphatic carbocycles. The lowest BCUT2D eigenvalue weighted by molar-refractivity contribution is -0.146. The van der Waals surface area contributed by atoms with Crippen molar-refractivity contribution in [2.24, 2.45) is 0 Å². The molecule has 1 fully saturated rings. The summed E-state index contributed by atoms with van der Waals surface area (Å²) in [5.74, 6) is 1.80. The molecule has 1 saturated heterocycles. The van der Waals surface area contributed by atoms with Gasteiger partial charge in [-0.1, -0.05) is 29.8 Å². The Morgan fingerprint density at radius 2 is 1.92 bits per heavy atom. The molecule has 2 aromatic carbocycles. The van der Waals surface area contributed by atoms with Crippen molar-refractivity contribution in [3.05, 3.63) is 69.1 Å². The molecule has 0 saturated carbocycles. The fraction of sp³-hybridized carbons (Fsp3) is 0.370. The minimum atomic E-state index is -1.04. The Morgan fingerprint density at radius 1 is 1.16 bits per heavy atom. The van der Waals surface area contributed by atoms with Crippen molar-refractivity contribution in [2.45, 2.75) is 44.8 Å². The average Bonchev–Trinajstić information content (AvgIpc) is 3.58. The molecule has 2 aliphatic rings. The quantitative estimate of drug-likeness (QED) is 0.452. The smallest absolute Gasteiger partial charge is 0.271 e. The van der Waals surface area contributed by atoms with Crippen LogP contribution in [0.1, 0.15) is 53.7 Å². The van der Waals surface area contributed by atoms with Gasteiger partial charge in [0, 0.05) is 30.9 Å². The van der Waals surface area contributed by atoms with Crippen molar-refractivity contribution in [3.8, 4) is 17.2 Å². The highest BCUT2D eigenvalue weighted by Crippen LogP contribution is 2.34. The summed E-state index contributed by atoms with van der Waals surface area (Å²) < 4.78 is 16.7. The number of thiazole rings is 1. The van der Waals surface area contributed by atoms with E-state index in [1.54, 1.807) is 31.4 Å². The first-order valence-corrected chi connectivity index (χ1v) is 13.4. The number of hydrogen-bond acceptors (Lipinski definition) is 7. The number of rotatable bonds is 7. The Labute approximate surface area is 224 Å². The van der Waals surface area contributed by atoms with E-state index in [2.05, 4.69) is 10.3 Å². The van der Waals surface area contributed by atoms with Gasteiger partial charge in [-0.15, -0.1) is 11.3 Å². The van der Waals surface area contributed by atoms with Crippen LogP contribution in [0, 0.1) is 0 Å². The molecule has 3 heterocycles. The number of benzene rings is 2. The third-order valence-corrected chi connectivity index (χ3v) is 7.81. The Hall–Kier alpha value is -3.30. The molecule has 1 N–H and O–H groups in total. The van der Waals surface area contributed by atoms with E-state index in [0.29, 0.717) is 47.6 Å². The Morgan fingerprint density at radius 3 is 2.70 bits per heavy atom. The van der Waals surface area contributed by atoms with Crippen LogP contribution in [0.15, 0.2) is 47.8 Å². The van der Waals surface area contributed by atoms with Gasteiger partial charge in [0.15, 0.2) is 17.1 Å². The first kappa shape index (κ1) is 25.4. The molecule has 0 spiro atoms. The number of halogens is 1. The number of likely N-dealkylation sites (tertiary alicyclic amines) is 1. The first-order chi connectivity index (χ1) is 17.8. The van der Waals surface area contributed by atoms with Crippen molar-refractivity contribution in [3.63, 3.8) is 0 Å². The largest absolute Gasteiger partial charge is 0.476 e. The van der Waals surface area contributed by atoms with Crippen LogP contribution in [-0.4, -0.2) is 47.2 Å². The summed E-state index contributed by atoms with van der Waals surface area (Å²) >= 11 is 7.70. The third kappa shape index (κ3) is 5.67. The second-order valence-electron chi connectivity index (χ2n) is 9.55. The lowest BCUT2D eigenvalue weighted by Gasteiger charge is -2.36. The number of carbonyl (C=O) groups is 2. The maximum Gasteiger partial charge on any atom is 0.271 e. The molecule has 1 aromatic heterocycles. The summed E-state index contributed by atoms with van der Waals surface area (Å²) in [5, 5.41) is 6.11. The van der Waals surface area contributed by atoms with E-state index in [9.17, 15) is 9.59 Å². The van der Waals surface area contributed by atoms with Gasteiger partial charge in [-0.2, -0.15) is 0 Å². The lowest BCUT2D eigenvalue weighted by atomic mass is 9.96. The van der Waals surface area contributed by atoms with Gasteiger partial charge in [0.1, 0.15) is 11.4 Å². The molecule has 2 amide bonds. The molecule has 10 heteroatoms. The molecular weight excluding hydrogens is 514 g/mol. The van der Waals surface area contributed by atoms with Crippen LogP contribution in [0.3, 0.4) is 0 Å². The standard InChI is InChI=1S/C27H28ClN3O5S/c1-27(2,36-21-6-4-3-5-19(21)28)26(33)31-11-9-18(10-12-31)25-30-20(15-37-25)24(32)29-14-17-7-8-22-23(13-17)35-16-34-22/h3-8,13,15,18H,9-12,14,16H2,1-2H3,(H,29,32).